The number of rotatable bonds is 3. The summed E-state index contributed by atoms with van der Waals surface area (Å²) in [5, 5.41) is 0. The molecule has 0 amide bonds. The number of hydrogen-bond acceptors (Lipinski definition) is 4. The number of ether oxygens (including phenoxy) is 2. The van der Waals surface area contributed by atoms with Crippen LogP contribution in [0.4, 0.5) is 13.6 Å². The third-order valence-corrected chi connectivity index (χ3v) is 3.28. The minimum Gasteiger partial charge on any atom is -0.466 e. The molecular formula is C15H19F2NO4. The van der Waals surface area contributed by atoms with Crippen LogP contribution in [0.2, 0.25) is 0 Å². The predicted molar refractivity (Wildman–Crippen MR) is 73.9 cm³/mol. The van der Waals surface area contributed by atoms with Crippen molar-refractivity contribution in [1.82, 2.24) is 4.57 Å². The molecule has 0 N–H and O–H groups in total. The van der Waals surface area contributed by atoms with Crippen LogP contribution in [-0.2, 0) is 14.3 Å². The second-order valence-corrected chi connectivity index (χ2v) is 6.17. The van der Waals surface area contributed by atoms with Gasteiger partial charge in [-0.2, -0.15) is 0 Å². The fourth-order valence-electron chi connectivity index (χ4n) is 2.34. The lowest BCUT2D eigenvalue weighted by Gasteiger charge is -2.20. The van der Waals surface area contributed by atoms with Gasteiger partial charge in [0.2, 0.25) is 0 Å². The quantitative estimate of drug-likeness (QED) is 0.804. The lowest BCUT2D eigenvalue weighted by Crippen LogP contribution is -2.27. The maximum absolute atomic E-state index is 13.9. The first kappa shape index (κ1) is 16.5. The summed E-state index contributed by atoms with van der Waals surface area (Å²) in [6.07, 6.45) is 0.595. The molecule has 0 bridgehead atoms. The van der Waals surface area contributed by atoms with Crippen molar-refractivity contribution in [2.45, 2.75) is 45.1 Å². The highest BCUT2D eigenvalue weighted by Crippen LogP contribution is 2.62. The summed E-state index contributed by atoms with van der Waals surface area (Å²) in [4.78, 5) is 23.7. The van der Waals surface area contributed by atoms with Crippen molar-refractivity contribution < 1.29 is 27.8 Å². The van der Waals surface area contributed by atoms with E-state index < -0.39 is 35.4 Å². The normalized spacial score (nSPS) is 23.0. The zero-order valence-corrected chi connectivity index (χ0v) is 12.9. The van der Waals surface area contributed by atoms with Gasteiger partial charge >= 0.3 is 12.1 Å². The molecule has 5 nitrogen and oxygen atoms in total. The molecule has 1 aliphatic rings. The second-order valence-electron chi connectivity index (χ2n) is 6.17. The first-order valence-corrected chi connectivity index (χ1v) is 7.04. The van der Waals surface area contributed by atoms with E-state index >= 15 is 0 Å². The molecule has 0 spiro atoms. The van der Waals surface area contributed by atoms with E-state index in [-0.39, 0.29) is 12.3 Å². The van der Waals surface area contributed by atoms with Gasteiger partial charge in [-0.3, -0.25) is 9.36 Å². The van der Waals surface area contributed by atoms with Crippen molar-refractivity contribution in [1.29, 1.82) is 0 Å². The Morgan fingerprint density at radius 2 is 2.00 bits per heavy atom. The molecule has 0 aromatic carbocycles. The van der Waals surface area contributed by atoms with E-state index in [1.165, 1.54) is 18.3 Å². The van der Waals surface area contributed by atoms with Gasteiger partial charge in [-0.05, 0) is 39.8 Å². The van der Waals surface area contributed by atoms with Crippen molar-refractivity contribution in [3.05, 3.63) is 24.0 Å². The van der Waals surface area contributed by atoms with Crippen LogP contribution >= 0.6 is 0 Å². The van der Waals surface area contributed by atoms with E-state index in [1.807, 2.05) is 0 Å². The molecule has 1 fully saturated rings. The summed E-state index contributed by atoms with van der Waals surface area (Å²) in [5.41, 5.74) is -0.692. The summed E-state index contributed by atoms with van der Waals surface area (Å²) in [5.74, 6) is -7.09. The molecule has 0 unspecified atom stereocenters. The van der Waals surface area contributed by atoms with Gasteiger partial charge in [-0.15, -0.1) is 0 Å². The van der Waals surface area contributed by atoms with E-state index in [4.69, 9.17) is 4.74 Å². The van der Waals surface area contributed by atoms with Crippen molar-refractivity contribution in [3.63, 3.8) is 0 Å². The first-order valence-electron chi connectivity index (χ1n) is 7.04. The highest BCUT2D eigenvalue weighted by atomic mass is 19.3. The van der Waals surface area contributed by atoms with E-state index in [9.17, 15) is 18.4 Å². The van der Waals surface area contributed by atoms with Crippen LogP contribution in [0.25, 0.3) is 0 Å². The number of aromatic nitrogens is 1. The molecule has 0 aliphatic heterocycles. The Morgan fingerprint density at radius 1 is 1.36 bits per heavy atom. The molecular weight excluding hydrogens is 296 g/mol. The maximum atomic E-state index is 13.9. The van der Waals surface area contributed by atoms with Gasteiger partial charge in [-0.1, -0.05) is 0 Å². The largest absolute Gasteiger partial charge is 0.466 e. The van der Waals surface area contributed by atoms with Crippen LogP contribution in [0, 0.1) is 5.92 Å². The van der Waals surface area contributed by atoms with Gasteiger partial charge in [0.1, 0.15) is 11.5 Å². The summed E-state index contributed by atoms with van der Waals surface area (Å²) < 4.78 is 38.7. The summed E-state index contributed by atoms with van der Waals surface area (Å²) in [6.45, 7) is 6.63. The molecule has 0 saturated heterocycles. The van der Waals surface area contributed by atoms with Crippen LogP contribution in [-0.4, -0.2) is 34.8 Å². The molecule has 22 heavy (non-hydrogen) atoms. The first-order chi connectivity index (χ1) is 10.1. The minimum absolute atomic E-state index is 0.0329. The van der Waals surface area contributed by atoms with E-state index in [1.54, 1.807) is 27.7 Å². The lowest BCUT2D eigenvalue weighted by molar-refractivity contribution is -0.147. The lowest BCUT2D eigenvalue weighted by atomic mass is 10.2. The summed E-state index contributed by atoms with van der Waals surface area (Å²) in [6, 6.07) is 2.86. The molecule has 1 aromatic heterocycles. The Bertz CT molecular complexity index is 589. The Balaban J connectivity index is 2.23. The SMILES string of the molecule is CCOC(=O)[C@@H]1[C@@H](c2cccn2C(=O)OC(C)(C)C)C1(F)F. The van der Waals surface area contributed by atoms with Crippen LogP contribution in [0.5, 0.6) is 0 Å². The standard InChI is InChI=1S/C15H19F2NO4/c1-5-21-12(19)11-10(15(11,16)17)9-7-6-8-18(9)13(20)22-14(2,3)4/h6-8,10-11H,5H2,1-4H3/t10-,11+/m1/s1. The van der Waals surface area contributed by atoms with E-state index in [0.29, 0.717) is 0 Å². The molecule has 1 heterocycles. The molecule has 0 radical (unpaired) electrons. The van der Waals surface area contributed by atoms with Crippen molar-refractivity contribution >= 4 is 12.1 Å². The molecule has 122 valence electrons. The maximum Gasteiger partial charge on any atom is 0.418 e. The predicted octanol–water partition coefficient (Wildman–Crippen LogP) is 3.18. The Labute approximate surface area is 127 Å². The van der Waals surface area contributed by atoms with Crippen molar-refractivity contribution in [2.75, 3.05) is 6.61 Å². The molecule has 1 aliphatic carbocycles. The van der Waals surface area contributed by atoms with Gasteiger partial charge < -0.3 is 9.47 Å². The number of carbonyl (C=O) groups is 2. The topological polar surface area (TPSA) is 57.5 Å². The fraction of sp³-hybridized carbons (Fsp3) is 0.600. The average Bonchev–Trinajstić information content (AvgIpc) is 2.71. The monoisotopic (exact) mass is 315 g/mol. The number of alkyl halides is 2. The zero-order valence-electron chi connectivity index (χ0n) is 12.9. The number of hydrogen-bond donors (Lipinski definition) is 0. The van der Waals surface area contributed by atoms with Crippen LogP contribution in [0.3, 0.4) is 0 Å². The highest BCUT2D eigenvalue weighted by molar-refractivity contribution is 5.81. The van der Waals surface area contributed by atoms with Gasteiger partial charge in [0, 0.05) is 11.9 Å². The Hall–Kier alpha value is -1.92. The van der Waals surface area contributed by atoms with E-state index in [2.05, 4.69) is 4.74 Å². The molecule has 7 heteroatoms. The van der Waals surface area contributed by atoms with Gasteiger partial charge in [0.05, 0.1) is 12.5 Å². The number of halogens is 2. The van der Waals surface area contributed by atoms with Crippen molar-refractivity contribution in [2.24, 2.45) is 5.92 Å². The Kier molecular flexibility index (Phi) is 4.02. The van der Waals surface area contributed by atoms with Gasteiger partial charge in [-0.25, -0.2) is 13.6 Å². The Morgan fingerprint density at radius 3 is 2.55 bits per heavy atom. The number of carbonyl (C=O) groups excluding carboxylic acids is 2. The molecule has 2 rings (SSSR count). The molecule has 2 atom stereocenters. The van der Waals surface area contributed by atoms with Crippen LogP contribution in [0.15, 0.2) is 18.3 Å². The third-order valence-electron chi connectivity index (χ3n) is 3.28. The summed E-state index contributed by atoms with van der Waals surface area (Å²) >= 11 is 0. The number of nitrogens with zero attached hydrogens (tertiary/aromatic N) is 1. The highest BCUT2D eigenvalue weighted by Gasteiger charge is 2.74. The fourth-order valence-corrected chi connectivity index (χ4v) is 2.34. The van der Waals surface area contributed by atoms with Crippen molar-refractivity contribution in [3.8, 4) is 0 Å². The molecule has 1 saturated carbocycles. The van der Waals surface area contributed by atoms with E-state index in [0.717, 1.165) is 4.57 Å². The molecule has 1 aromatic rings. The second kappa shape index (κ2) is 5.37. The smallest absolute Gasteiger partial charge is 0.418 e. The van der Waals surface area contributed by atoms with Gasteiger partial charge in [0.25, 0.3) is 5.92 Å². The summed E-state index contributed by atoms with van der Waals surface area (Å²) in [7, 11) is 0. The zero-order chi connectivity index (χ0) is 16.7. The third kappa shape index (κ3) is 2.98. The number of esters is 1. The average molecular weight is 315 g/mol. The van der Waals surface area contributed by atoms with Crippen LogP contribution < -0.4 is 0 Å². The minimum atomic E-state index is -3.22. The van der Waals surface area contributed by atoms with Crippen LogP contribution in [0.1, 0.15) is 39.3 Å². The van der Waals surface area contributed by atoms with Gasteiger partial charge in [0.15, 0.2) is 0 Å².